The molecule has 1 aliphatic rings. The smallest absolute Gasteiger partial charge is 0.306 e. The number of carboxylic acid groups (broad SMARTS) is 2. The average Bonchev–Trinajstić information content (AvgIpc) is 2.37. The lowest BCUT2D eigenvalue weighted by Gasteiger charge is -2.36. The highest BCUT2D eigenvalue weighted by Crippen LogP contribution is 2.35. The molecule has 134 valence electrons. The van der Waals surface area contributed by atoms with E-state index < -0.39 is 17.9 Å². The molecule has 1 rings (SSSR count). The van der Waals surface area contributed by atoms with Gasteiger partial charge < -0.3 is 14.9 Å². The Morgan fingerprint density at radius 2 is 1.70 bits per heavy atom. The topological polar surface area (TPSA) is 101 Å². The van der Waals surface area contributed by atoms with Gasteiger partial charge in [-0.15, -0.1) is 0 Å². The van der Waals surface area contributed by atoms with Gasteiger partial charge in [0, 0.05) is 6.92 Å². The third kappa shape index (κ3) is 9.21. The number of carbonyl (C=O) groups is 3. The van der Waals surface area contributed by atoms with Crippen LogP contribution in [0, 0.1) is 23.7 Å². The van der Waals surface area contributed by atoms with E-state index in [2.05, 4.69) is 20.8 Å². The molecule has 0 bridgehead atoms. The van der Waals surface area contributed by atoms with Gasteiger partial charge in [0.2, 0.25) is 0 Å². The maximum Gasteiger partial charge on any atom is 0.306 e. The lowest BCUT2D eigenvalue weighted by molar-refractivity contribution is -0.153. The summed E-state index contributed by atoms with van der Waals surface area (Å²) in [6, 6.07) is 0. The summed E-state index contributed by atoms with van der Waals surface area (Å²) in [6.07, 6.45) is 3.38. The van der Waals surface area contributed by atoms with Crippen LogP contribution in [0.4, 0.5) is 0 Å². The minimum Gasteiger partial charge on any atom is -0.481 e. The van der Waals surface area contributed by atoms with E-state index in [9.17, 15) is 14.4 Å². The van der Waals surface area contributed by atoms with E-state index in [1.807, 2.05) is 0 Å². The molecule has 4 unspecified atom stereocenters. The highest BCUT2D eigenvalue weighted by atomic mass is 16.5. The van der Waals surface area contributed by atoms with Crippen LogP contribution in [0.5, 0.6) is 0 Å². The fourth-order valence-corrected chi connectivity index (χ4v) is 2.81. The van der Waals surface area contributed by atoms with Crippen molar-refractivity contribution in [3.8, 4) is 0 Å². The van der Waals surface area contributed by atoms with Gasteiger partial charge in [-0.2, -0.15) is 0 Å². The van der Waals surface area contributed by atoms with E-state index in [1.54, 1.807) is 0 Å². The summed E-state index contributed by atoms with van der Waals surface area (Å²) >= 11 is 0. The maximum atomic E-state index is 11.0. The van der Waals surface area contributed by atoms with Crippen LogP contribution in [-0.2, 0) is 19.1 Å². The van der Waals surface area contributed by atoms with E-state index in [1.165, 1.54) is 26.7 Å². The van der Waals surface area contributed by atoms with Crippen LogP contribution in [0.2, 0.25) is 0 Å². The summed E-state index contributed by atoms with van der Waals surface area (Å²) in [4.78, 5) is 30.8. The molecule has 0 radical (unpaired) electrons. The predicted molar refractivity (Wildman–Crippen MR) is 85.9 cm³/mol. The molecule has 6 nitrogen and oxygen atoms in total. The van der Waals surface area contributed by atoms with Crippen molar-refractivity contribution < 1.29 is 29.3 Å². The van der Waals surface area contributed by atoms with Gasteiger partial charge in [0.05, 0.1) is 12.3 Å². The third-order valence-electron chi connectivity index (χ3n) is 4.18. The van der Waals surface area contributed by atoms with Crippen molar-refractivity contribution in [2.45, 2.75) is 66.4 Å². The molecule has 0 aromatic rings. The van der Waals surface area contributed by atoms with E-state index in [-0.39, 0.29) is 18.5 Å². The highest BCUT2D eigenvalue weighted by molar-refractivity contribution is 5.77. The SMILES string of the molecule is CC(=O)OC1CC(C)CCC1C(C)C.CC(CC(=O)O)C(=O)O. The molecule has 4 atom stereocenters. The first kappa shape index (κ1) is 21.4. The number of ether oxygens (including phenoxy) is 1. The Bertz CT molecular complexity index is 404. The van der Waals surface area contributed by atoms with Gasteiger partial charge in [0.25, 0.3) is 0 Å². The fraction of sp³-hybridized carbons (Fsp3) is 0.824. The first-order chi connectivity index (χ1) is 10.5. The fourth-order valence-electron chi connectivity index (χ4n) is 2.81. The molecule has 1 saturated carbocycles. The molecule has 1 fully saturated rings. The van der Waals surface area contributed by atoms with Crippen molar-refractivity contribution >= 4 is 17.9 Å². The van der Waals surface area contributed by atoms with Crippen molar-refractivity contribution in [2.24, 2.45) is 23.7 Å². The molecular formula is C17H30O6. The van der Waals surface area contributed by atoms with Gasteiger partial charge >= 0.3 is 17.9 Å². The van der Waals surface area contributed by atoms with Gasteiger partial charge in [-0.05, 0) is 30.6 Å². The number of hydrogen-bond donors (Lipinski definition) is 2. The minimum atomic E-state index is -1.08. The van der Waals surface area contributed by atoms with Crippen molar-refractivity contribution in [3.05, 3.63) is 0 Å². The number of carbonyl (C=O) groups excluding carboxylic acids is 1. The Hall–Kier alpha value is -1.59. The summed E-state index contributed by atoms with van der Waals surface area (Å²) < 4.78 is 5.40. The molecule has 0 saturated heterocycles. The van der Waals surface area contributed by atoms with E-state index in [0.717, 1.165) is 6.42 Å². The van der Waals surface area contributed by atoms with Gasteiger partial charge in [0.15, 0.2) is 0 Å². The normalized spacial score (nSPS) is 25.0. The molecule has 0 aromatic heterocycles. The lowest BCUT2D eigenvalue weighted by Crippen LogP contribution is -2.35. The summed E-state index contributed by atoms with van der Waals surface area (Å²) in [5, 5.41) is 16.2. The Morgan fingerprint density at radius 1 is 1.13 bits per heavy atom. The second-order valence-corrected chi connectivity index (χ2v) is 6.81. The molecule has 0 aromatic carbocycles. The first-order valence-electron chi connectivity index (χ1n) is 8.16. The molecule has 0 heterocycles. The van der Waals surface area contributed by atoms with Crippen molar-refractivity contribution in [1.82, 2.24) is 0 Å². The molecular weight excluding hydrogens is 300 g/mol. The molecule has 2 N–H and O–H groups in total. The van der Waals surface area contributed by atoms with Crippen LogP contribution in [-0.4, -0.2) is 34.2 Å². The van der Waals surface area contributed by atoms with Gasteiger partial charge in [-0.1, -0.05) is 34.1 Å². The quantitative estimate of drug-likeness (QED) is 0.751. The third-order valence-corrected chi connectivity index (χ3v) is 4.18. The number of carboxylic acids is 2. The molecule has 0 aliphatic heterocycles. The van der Waals surface area contributed by atoms with Crippen molar-refractivity contribution in [3.63, 3.8) is 0 Å². The zero-order valence-electron chi connectivity index (χ0n) is 14.7. The van der Waals surface area contributed by atoms with E-state index in [0.29, 0.717) is 17.8 Å². The molecule has 0 amide bonds. The van der Waals surface area contributed by atoms with Crippen LogP contribution >= 0.6 is 0 Å². The minimum absolute atomic E-state index is 0.130. The lowest BCUT2D eigenvalue weighted by atomic mass is 9.75. The zero-order valence-corrected chi connectivity index (χ0v) is 14.7. The van der Waals surface area contributed by atoms with Crippen LogP contribution < -0.4 is 0 Å². The number of hydrogen-bond acceptors (Lipinski definition) is 4. The summed E-state index contributed by atoms with van der Waals surface area (Å²) in [7, 11) is 0. The molecule has 1 aliphatic carbocycles. The Labute approximate surface area is 138 Å². The maximum absolute atomic E-state index is 11.0. The van der Waals surface area contributed by atoms with Gasteiger partial charge in [0.1, 0.15) is 6.10 Å². The zero-order chi connectivity index (χ0) is 18.2. The van der Waals surface area contributed by atoms with E-state index in [4.69, 9.17) is 14.9 Å². The predicted octanol–water partition coefficient (Wildman–Crippen LogP) is 3.19. The van der Waals surface area contributed by atoms with E-state index >= 15 is 0 Å². The Balaban J connectivity index is 0.000000468. The molecule has 0 spiro atoms. The van der Waals surface area contributed by atoms with Crippen LogP contribution in [0.1, 0.15) is 60.3 Å². The Morgan fingerprint density at radius 3 is 2.04 bits per heavy atom. The average molecular weight is 330 g/mol. The first-order valence-corrected chi connectivity index (χ1v) is 8.16. The van der Waals surface area contributed by atoms with Crippen LogP contribution in [0.25, 0.3) is 0 Å². The van der Waals surface area contributed by atoms with Crippen molar-refractivity contribution in [2.75, 3.05) is 0 Å². The Kier molecular flexibility index (Phi) is 9.53. The standard InChI is InChI=1S/C12H22O2.C5H8O4/c1-8(2)11-6-5-9(3)7-12(11)14-10(4)13;1-3(5(8)9)2-4(6)7/h8-9,11-12H,5-7H2,1-4H3;3H,2H2,1H3,(H,6,7)(H,8,9). The number of rotatable bonds is 5. The highest BCUT2D eigenvalue weighted by Gasteiger charge is 2.32. The number of esters is 1. The monoisotopic (exact) mass is 330 g/mol. The van der Waals surface area contributed by atoms with Crippen LogP contribution in [0.15, 0.2) is 0 Å². The van der Waals surface area contributed by atoms with Gasteiger partial charge in [-0.3, -0.25) is 14.4 Å². The second kappa shape index (κ2) is 10.2. The molecule has 23 heavy (non-hydrogen) atoms. The number of aliphatic carboxylic acids is 2. The summed E-state index contributed by atoms with van der Waals surface area (Å²) in [5.41, 5.74) is 0. The van der Waals surface area contributed by atoms with Crippen molar-refractivity contribution in [1.29, 1.82) is 0 Å². The molecule has 6 heteroatoms. The second-order valence-electron chi connectivity index (χ2n) is 6.81. The van der Waals surface area contributed by atoms with Crippen LogP contribution in [0.3, 0.4) is 0 Å². The summed E-state index contributed by atoms with van der Waals surface area (Å²) in [5.74, 6) is -1.18. The van der Waals surface area contributed by atoms with Gasteiger partial charge in [-0.25, -0.2) is 0 Å². The largest absolute Gasteiger partial charge is 0.481 e. The summed E-state index contributed by atoms with van der Waals surface area (Å²) in [6.45, 7) is 9.55.